The Kier molecular flexibility index (Phi) is 6.00. The van der Waals surface area contributed by atoms with Crippen LogP contribution in [0.4, 0.5) is 5.82 Å². The first-order valence-corrected chi connectivity index (χ1v) is 8.72. The Morgan fingerprint density at radius 3 is 2.84 bits per heavy atom. The summed E-state index contributed by atoms with van der Waals surface area (Å²) in [4.78, 5) is 18.9. The minimum absolute atomic E-state index is 0.0634. The number of hydrogen-bond acceptors (Lipinski definition) is 5. The van der Waals surface area contributed by atoms with Gasteiger partial charge in [0.1, 0.15) is 5.82 Å². The molecule has 3 rings (SSSR count). The van der Waals surface area contributed by atoms with Crippen molar-refractivity contribution in [3.05, 3.63) is 42.4 Å². The summed E-state index contributed by atoms with van der Waals surface area (Å²) >= 11 is 0. The molecule has 25 heavy (non-hydrogen) atoms. The summed E-state index contributed by atoms with van der Waals surface area (Å²) in [6.07, 6.45) is 7.46. The van der Waals surface area contributed by atoms with Crippen LogP contribution in [-0.2, 0) is 11.3 Å². The highest BCUT2D eigenvalue weighted by Crippen LogP contribution is 2.20. The van der Waals surface area contributed by atoms with E-state index in [4.69, 9.17) is 4.74 Å². The standard InChI is InChI=1S/C18H25N5O2/c1-25-12-8-19-17-4-3-16(13-20-17)18(24)22-10-5-15(6-11-22)14-23-9-2-7-21-23/h2-4,7,9,13,15H,5-6,8,10-12,14H2,1H3,(H,19,20). The van der Waals surface area contributed by atoms with Gasteiger partial charge in [0, 0.05) is 51.9 Å². The van der Waals surface area contributed by atoms with Gasteiger partial charge in [0.25, 0.3) is 5.91 Å². The van der Waals surface area contributed by atoms with Crippen LogP contribution in [0, 0.1) is 5.92 Å². The highest BCUT2D eigenvalue weighted by Gasteiger charge is 2.24. The van der Waals surface area contributed by atoms with E-state index in [1.54, 1.807) is 19.5 Å². The van der Waals surface area contributed by atoms with E-state index in [0.29, 0.717) is 24.6 Å². The fraction of sp³-hybridized carbons (Fsp3) is 0.500. The van der Waals surface area contributed by atoms with Crippen LogP contribution >= 0.6 is 0 Å². The first-order valence-electron chi connectivity index (χ1n) is 8.72. The summed E-state index contributed by atoms with van der Waals surface area (Å²) in [5.74, 6) is 1.40. The molecule has 2 aromatic heterocycles. The monoisotopic (exact) mass is 343 g/mol. The molecule has 0 atom stereocenters. The number of methoxy groups -OCH3 is 1. The van der Waals surface area contributed by atoms with Crippen molar-refractivity contribution in [1.82, 2.24) is 19.7 Å². The van der Waals surface area contributed by atoms with Crippen LogP contribution in [0.15, 0.2) is 36.8 Å². The van der Waals surface area contributed by atoms with Crippen LogP contribution in [0.25, 0.3) is 0 Å². The number of amides is 1. The second-order valence-electron chi connectivity index (χ2n) is 6.32. The van der Waals surface area contributed by atoms with Crippen molar-refractivity contribution in [1.29, 1.82) is 0 Å². The van der Waals surface area contributed by atoms with E-state index in [1.807, 2.05) is 34.0 Å². The zero-order valence-electron chi connectivity index (χ0n) is 14.6. The van der Waals surface area contributed by atoms with Crippen LogP contribution < -0.4 is 5.32 Å². The Bertz CT molecular complexity index is 649. The molecular formula is C18H25N5O2. The fourth-order valence-corrected chi connectivity index (χ4v) is 3.08. The summed E-state index contributed by atoms with van der Waals surface area (Å²) < 4.78 is 6.96. The predicted octanol–water partition coefficient (Wildman–Crippen LogP) is 1.89. The third kappa shape index (κ3) is 4.79. The first kappa shape index (κ1) is 17.4. The van der Waals surface area contributed by atoms with E-state index in [-0.39, 0.29) is 5.91 Å². The number of likely N-dealkylation sites (tertiary alicyclic amines) is 1. The number of ether oxygens (including phenoxy) is 1. The molecule has 0 saturated carbocycles. The van der Waals surface area contributed by atoms with Gasteiger partial charge in [0.05, 0.1) is 12.2 Å². The lowest BCUT2D eigenvalue weighted by molar-refractivity contribution is 0.0681. The number of hydrogen-bond donors (Lipinski definition) is 1. The lowest BCUT2D eigenvalue weighted by Crippen LogP contribution is -2.39. The molecule has 1 aliphatic rings. The van der Waals surface area contributed by atoms with Gasteiger partial charge in [-0.2, -0.15) is 5.10 Å². The van der Waals surface area contributed by atoms with E-state index >= 15 is 0 Å². The van der Waals surface area contributed by atoms with Crippen molar-refractivity contribution >= 4 is 11.7 Å². The number of anilines is 1. The van der Waals surface area contributed by atoms with Crippen LogP contribution in [0.5, 0.6) is 0 Å². The average Bonchev–Trinajstić information content (AvgIpc) is 3.16. The predicted molar refractivity (Wildman–Crippen MR) is 95.5 cm³/mol. The molecule has 0 aromatic carbocycles. The summed E-state index contributed by atoms with van der Waals surface area (Å²) in [6.45, 7) is 3.83. The van der Waals surface area contributed by atoms with Crippen molar-refractivity contribution in [3.8, 4) is 0 Å². The number of aromatic nitrogens is 3. The van der Waals surface area contributed by atoms with Gasteiger partial charge in [0.2, 0.25) is 0 Å². The van der Waals surface area contributed by atoms with E-state index in [2.05, 4.69) is 15.4 Å². The van der Waals surface area contributed by atoms with Gasteiger partial charge in [-0.05, 0) is 37.0 Å². The first-order chi connectivity index (χ1) is 12.3. The van der Waals surface area contributed by atoms with Gasteiger partial charge >= 0.3 is 0 Å². The second-order valence-corrected chi connectivity index (χ2v) is 6.32. The van der Waals surface area contributed by atoms with Gasteiger partial charge in [-0.1, -0.05) is 0 Å². The Morgan fingerprint density at radius 1 is 1.36 bits per heavy atom. The van der Waals surface area contributed by atoms with E-state index in [1.165, 1.54) is 0 Å². The van der Waals surface area contributed by atoms with Crippen LogP contribution in [0.2, 0.25) is 0 Å². The fourth-order valence-electron chi connectivity index (χ4n) is 3.08. The molecular weight excluding hydrogens is 318 g/mol. The maximum Gasteiger partial charge on any atom is 0.255 e. The zero-order valence-corrected chi connectivity index (χ0v) is 14.6. The van der Waals surface area contributed by atoms with E-state index in [0.717, 1.165) is 38.3 Å². The molecule has 7 heteroatoms. The molecule has 1 N–H and O–H groups in total. The summed E-state index contributed by atoms with van der Waals surface area (Å²) in [6, 6.07) is 5.62. The summed E-state index contributed by atoms with van der Waals surface area (Å²) in [5, 5.41) is 7.41. The maximum atomic E-state index is 12.6. The van der Waals surface area contributed by atoms with Crippen molar-refractivity contribution in [2.75, 3.05) is 38.7 Å². The number of piperidine rings is 1. The Morgan fingerprint density at radius 2 is 2.20 bits per heavy atom. The average molecular weight is 343 g/mol. The quantitative estimate of drug-likeness (QED) is 0.777. The molecule has 1 saturated heterocycles. The number of rotatable bonds is 7. The number of carbonyl (C=O) groups is 1. The highest BCUT2D eigenvalue weighted by molar-refractivity contribution is 5.94. The van der Waals surface area contributed by atoms with Gasteiger partial charge in [0.15, 0.2) is 0 Å². The Labute approximate surface area is 148 Å². The minimum Gasteiger partial charge on any atom is -0.383 e. The van der Waals surface area contributed by atoms with Crippen LogP contribution in [0.1, 0.15) is 23.2 Å². The highest BCUT2D eigenvalue weighted by atomic mass is 16.5. The van der Waals surface area contributed by atoms with Crippen molar-refractivity contribution in [3.63, 3.8) is 0 Å². The van der Waals surface area contributed by atoms with Gasteiger partial charge < -0.3 is 15.0 Å². The molecule has 134 valence electrons. The molecule has 0 aliphatic carbocycles. The molecule has 0 bridgehead atoms. The molecule has 0 unspecified atom stereocenters. The molecule has 2 aromatic rings. The molecule has 7 nitrogen and oxygen atoms in total. The van der Waals surface area contributed by atoms with Crippen molar-refractivity contribution in [2.45, 2.75) is 19.4 Å². The summed E-state index contributed by atoms with van der Waals surface area (Å²) in [7, 11) is 1.66. The zero-order chi connectivity index (χ0) is 17.5. The maximum absolute atomic E-state index is 12.6. The SMILES string of the molecule is COCCNc1ccc(C(=O)N2CCC(Cn3cccn3)CC2)cn1. The van der Waals surface area contributed by atoms with Gasteiger partial charge in [-0.15, -0.1) is 0 Å². The Hall–Kier alpha value is -2.41. The smallest absolute Gasteiger partial charge is 0.255 e. The molecule has 1 amide bonds. The third-order valence-electron chi connectivity index (χ3n) is 4.53. The molecule has 3 heterocycles. The molecule has 0 radical (unpaired) electrons. The normalized spacial score (nSPS) is 15.3. The van der Waals surface area contributed by atoms with Crippen molar-refractivity contribution < 1.29 is 9.53 Å². The van der Waals surface area contributed by atoms with E-state index < -0.39 is 0 Å². The Balaban J connectivity index is 1.48. The second kappa shape index (κ2) is 8.62. The van der Waals surface area contributed by atoms with E-state index in [9.17, 15) is 4.79 Å². The number of nitrogens with one attached hydrogen (secondary N) is 1. The number of pyridine rings is 1. The van der Waals surface area contributed by atoms with Gasteiger partial charge in [-0.25, -0.2) is 4.98 Å². The van der Waals surface area contributed by atoms with Crippen LogP contribution in [0.3, 0.4) is 0 Å². The lowest BCUT2D eigenvalue weighted by atomic mass is 9.96. The summed E-state index contributed by atoms with van der Waals surface area (Å²) in [5.41, 5.74) is 0.641. The molecule has 1 aliphatic heterocycles. The topological polar surface area (TPSA) is 72.3 Å². The van der Waals surface area contributed by atoms with Crippen LogP contribution in [-0.4, -0.2) is 58.9 Å². The molecule has 0 spiro atoms. The van der Waals surface area contributed by atoms with Gasteiger partial charge in [-0.3, -0.25) is 9.48 Å². The number of nitrogens with zero attached hydrogens (tertiary/aromatic N) is 4. The minimum atomic E-state index is 0.0634. The lowest BCUT2D eigenvalue weighted by Gasteiger charge is -2.32. The molecule has 1 fully saturated rings. The number of carbonyl (C=O) groups excluding carboxylic acids is 1. The largest absolute Gasteiger partial charge is 0.383 e. The van der Waals surface area contributed by atoms with Crippen molar-refractivity contribution in [2.24, 2.45) is 5.92 Å². The third-order valence-corrected chi connectivity index (χ3v) is 4.53.